The molecule has 0 aliphatic heterocycles. The summed E-state index contributed by atoms with van der Waals surface area (Å²) in [6.45, 7) is 5.17. The van der Waals surface area contributed by atoms with E-state index >= 15 is 0 Å². The molecule has 2 rings (SSSR count). The third-order valence-corrected chi connectivity index (χ3v) is 3.88. The first-order chi connectivity index (χ1) is 12.7. The number of carboxylic acid groups (broad SMARTS) is 2. The molecule has 0 unspecified atom stereocenters. The van der Waals surface area contributed by atoms with Gasteiger partial charge < -0.3 is 19.8 Å². The van der Waals surface area contributed by atoms with Crippen LogP contribution in [0.2, 0.25) is 0 Å². The van der Waals surface area contributed by atoms with Gasteiger partial charge in [-0.3, -0.25) is 5.10 Å². The van der Waals surface area contributed by atoms with Crippen molar-refractivity contribution in [3.8, 4) is 5.75 Å². The minimum atomic E-state index is -1.26. The number of carbonyl (C=O) groups is 2. The van der Waals surface area contributed by atoms with Crippen molar-refractivity contribution in [3.63, 3.8) is 0 Å². The highest BCUT2D eigenvalue weighted by atomic mass is 19.1. The average molecular weight is 381 g/mol. The number of benzene rings is 1. The fourth-order valence-corrected chi connectivity index (χ4v) is 2.17. The van der Waals surface area contributed by atoms with Gasteiger partial charge in [0.25, 0.3) is 0 Å². The van der Waals surface area contributed by atoms with Crippen LogP contribution in [-0.2, 0) is 16.0 Å². The van der Waals surface area contributed by atoms with Gasteiger partial charge in [-0.1, -0.05) is 0 Å². The van der Waals surface area contributed by atoms with Gasteiger partial charge in [0.2, 0.25) is 0 Å². The molecular formula is C18H24FN3O5. The maximum atomic E-state index is 13.7. The summed E-state index contributed by atoms with van der Waals surface area (Å²) in [5, 5.41) is 23.4. The van der Waals surface area contributed by atoms with Gasteiger partial charge in [-0.05, 0) is 33.0 Å². The molecule has 1 aromatic heterocycles. The predicted molar refractivity (Wildman–Crippen MR) is 98.5 cm³/mol. The van der Waals surface area contributed by atoms with Gasteiger partial charge >= 0.3 is 11.9 Å². The molecule has 0 bridgehead atoms. The molecule has 1 heterocycles. The summed E-state index contributed by atoms with van der Waals surface area (Å²) in [5.74, 6) is -2.18. The van der Waals surface area contributed by atoms with Crippen LogP contribution in [0, 0.1) is 5.82 Å². The molecule has 9 heteroatoms. The standard InChI is InChI=1S/C14H20FN3O.C4H4O4/c1-9(2)18(3)8-7-11-13-12(19-4)6-5-10(15)14(13)17-16-11;5-3(6)1-2-4(7)8/h5-6,9H,7-8H2,1-4H3,(H,16,17);1-2H,(H,5,6)(H,7,8)/b;2-1+. The van der Waals surface area contributed by atoms with Crippen LogP contribution in [0.5, 0.6) is 5.75 Å². The molecule has 0 atom stereocenters. The number of hydrogen-bond donors (Lipinski definition) is 3. The number of aromatic nitrogens is 2. The number of rotatable bonds is 7. The topological polar surface area (TPSA) is 116 Å². The number of carboxylic acids is 2. The number of H-pyrrole nitrogens is 1. The number of nitrogens with zero attached hydrogens (tertiary/aromatic N) is 2. The molecule has 27 heavy (non-hydrogen) atoms. The van der Waals surface area contributed by atoms with E-state index in [1.54, 1.807) is 13.2 Å². The Morgan fingerprint density at radius 2 is 1.89 bits per heavy atom. The summed E-state index contributed by atoms with van der Waals surface area (Å²) in [6, 6.07) is 3.50. The number of likely N-dealkylation sites (N-methyl/N-ethyl adjacent to an activating group) is 1. The minimum absolute atomic E-state index is 0.324. The summed E-state index contributed by atoms with van der Waals surface area (Å²) < 4.78 is 19.0. The smallest absolute Gasteiger partial charge is 0.328 e. The van der Waals surface area contributed by atoms with Crippen LogP contribution in [0.3, 0.4) is 0 Å². The number of fused-ring (bicyclic) bond motifs is 1. The quantitative estimate of drug-likeness (QED) is 0.630. The van der Waals surface area contributed by atoms with E-state index in [1.165, 1.54) is 6.07 Å². The van der Waals surface area contributed by atoms with Gasteiger partial charge in [0.15, 0.2) is 5.82 Å². The molecular weight excluding hydrogens is 357 g/mol. The monoisotopic (exact) mass is 381 g/mol. The van der Waals surface area contributed by atoms with E-state index in [1.807, 2.05) is 0 Å². The summed E-state index contributed by atoms with van der Waals surface area (Å²) >= 11 is 0. The molecule has 8 nitrogen and oxygen atoms in total. The van der Waals surface area contributed by atoms with Crippen LogP contribution in [-0.4, -0.2) is 64.0 Å². The first-order valence-corrected chi connectivity index (χ1v) is 8.21. The van der Waals surface area contributed by atoms with Gasteiger partial charge in [0.1, 0.15) is 11.3 Å². The highest BCUT2D eigenvalue weighted by Gasteiger charge is 2.15. The molecule has 0 saturated heterocycles. The molecule has 148 valence electrons. The Kier molecular flexibility index (Phi) is 8.40. The van der Waals surface area contributed by atoms with E-state index in [0.717, 1.165) is 24.0 Å². The van der Waals surface area contributed by atoms with Crippen molar-refractivity contribution in [1.82, 2.24) is 15.1 Å². The normalized spacial score (nSPS) is 11.1. The van der Waals surface area contributed by atoms with E-state index in [4.69, 9.17) is 14.9 Å². The molecule has 0 saturated carbocycles. The maximum Gasteiger partial charge on any atom is 0.328 e. The summed E-state index contributed by atoms with van der Waals surface area (Å²) in [5.41, 5.74) is 1.26. The van der Waals surface area contributed by atoms with Crippen LogP contribution in [0.1, 0.15) is 19.5 Å². The fourth-order valence-electron chi connectivity index (χ4n) is 2.17. The van der Waals surface area contributed by atoms with Crippen LogP contribution < -0.4 is 4.74 Å². The van der Waals surface area contributed by atoms with Crippen LogP contribution in [0.4, 0.5) is 4.39 Å². The van der Waals surface area contributed by atoms with Crippen molar-refractivity contribution in [3.05, 3.63) is 35.8 Å². The first kappa shape index (κ1) is 22.1. The van der Waals surface area contributed by atoms with Crippen LogP contribution in [0.25, 0.3) is 10.9 Å². The predicted octanol–water partition coefficient (Wildman–Crippen LogP) is 2.31. The zero-order chi connectivity index (χ0) is 20.6. The van der Waals surface area contributed by atoms with E-state index < -0.39 is 11.9 Å². The fraction of sp³-hybridized carbons (Fsp3) is 0.389. The molecule has 0 aliphatic carbocycles. The number of halogens is 1. The van der Waals surface area contributed by atoms with Crippen molar-refractivity contribution in [2.75, 3.05) is 20.7 Å². The second-order valence-electron chi connectivity index (χ2n) is 6.01. The molecule has 2 aromatic rings. The molecule has 0 amide bonds. The van der Waals surface area contributed by atoms with Crippen molar-refractivity contribution < 1.29 is 28.9 Å². The van der Waals surface area contributed by atoms with Gasteiger partial charge in [-0.2, -0.15) is 5.10 Å². The number of methoxy groups -OCH3 is 1. The molecule has 0 aliphatic rings. The second-order valence-corrected chi connectivity index (χ2v) is 6.01. The number of nitrogens with one attached hydrogen (secondary N) is 1. The highest BCUT2D eigenvalue weighted by Crippen LogP contribution is 2.29. The zero-order valence-corrected chi connectivity index (χ0v) is 15.7. The Hall–Kier alpha value is -2.94. The summed E-state index contributed by atoms with van der Waals surface area (Å²) in [7, 11) is 3.66. The Bertz CT molecular complexity index is 801. The first-order valence-electron chi connectivity index (χ1n) is 8.21. The third kappa shape index (κ3) is 6.70. The molecule has 1 aromatic carbocycles. The molecule has 3 N–H and O–H groups in total. The number of aliphatic carboxylic acids is 2. The lowest BCUT2D eigenvalue weighted by Gasteiger charge is -2.20. The second kappa shape index (κ2) is 10.3. The lowest BCUT2D eigenvalue weighted by atomic mass is 10.1. The van der Waals surface area contributed by atoms with Crippen molar-refractivity contribution >= 4 is 22.8 Å². The van der Waals surface area contributed by atoms with Crippen molar-refractivity contribution in [2.45, 2.75) is 26.3 Å². The number of hydrogen-bond acceptors (Lipinski definition) is 5. The molecule has 0 fully saturated rings. The Labute approximate surface area is 156 Å². The molecule has 0 spiro atoms. The van der Waals surface area contributed by atoms with E-state index in [2.05, 4.69) is 36.0 Å². The van der Waals surface area contributed by atoms with E-state index in [0.29, 0.717) is 29.5 Å². The SMILES string of the molecule is COc1ccc(F)c2n[nH]c(CCN(C)C(C)C)c12.O=C(O)/C=C/C(=O)O. The largest absolute Gasteiger partial charge is 0.496 e. The van der Waals surface area contributed by atoms with Crippen LogP contribution >= 0.6 is 0 Å². The lowest BCUT2D eigenvalue weighted by molar-refractivity contribution is -0.134. The summed E-state index contributed by atoms with van der Waals surface area (Å²) in [4.78, 5) is 21.3. The van der Waals surface area contributed by atoms with Gasteiger partial charge in [0.05, 0.1) is 12.5 Å². The minimum Gasteiger partial charge on any atom is -0.496 e. The molecule has 0 radical (unpaired) electrons. The zero-order valence-electron chi connectivity index (χ0n) is 15.7. The average Bonchev–Trinajstić information content (AvgIpc) is 3.04. The Morgan fingerprint density at radius 1 is 1.30 bits per heavy atom. The van der Waals surface area contributed by atoms with Gasteiger partial charge in [0, 0.05) is 36.9 Å². The van der Waals surface area contributed by atoms with Crippen LogP contribution in [0.15, 0.2) is 24.3 Å². The Morgan fingerprint density at radius 3 is 2.37 bits per heavy atom. The summed E-state index contributed by atoms with van der Waals surface area (Å²) in [6.07, 6.45) is 1.90. The third-order valence-electron chi connectivity index (χ3n) is 3.88. The van der Waals surface area contributed by atoms with E-state index in [9.17, 15) is 14.0 Å². The van der Waals surface area contributed by atoms with Gasteiger partial charge in [-0.15, -0.1) is 0 Å². The highest BCUT2D eigenvalue weighted by molar-refractivity contribution is 5.89. The van der Waals surface area contributed by atoms with Gasteiger partial charge in [-0.25, -0.2) is 14.0 Å². The van der Waals surface area contributed by atoms with E-state index in [-0.39, 0.29) is 5.82 Å². The maximum absolute atomic E-state index is 13.7. The van der Waals surface area contributed by atoms with Crippen molar-refractivity contribution in [1.29, 1.82) is 0 Å². The Balaban J connectivity index is 0.000000387. The lowest BCUT2D eigenvalue weighted by Crippen LogP contribution is -2.28. The van der Waals surface area contributed by atoms with Crippen molar-refractivity contribution in [2.24, 2.45) is 0 Å². The number of ether oxygens (including phenoxy) is 1. The number of aromatic amines is 1.